The summed E-state index contributed by atoms with van der Waals surface area (Å²) in [6.45, 7) is 2.70. The Labute approximate surface area is 145 Å². The Morgan fingerprint density at radius 1 is 1.09 bits per heavy atom. The van der Waals surface area contributed by atoms with Crippen LogP contribution in [-0.2, 0) is 13.0 Å². The molecule has 0 heterocycles. The quantitative estimate of drug-likeness (QED) is 0.657. The van der Waals surface area contributed by atoms with Gasteiger partial charge in [-0.25, -0.2) is 0 Å². The number of rotatable bonds is 7. The van der Waals surface area contributed by atoms with Crippen LogP contribution in [0.1, 0.15) is 29.5 Å². The molecule has 4 heteroatoms. The molecule has 118 valence electrons. The largest absolute Gasteiger partial charge is 0.489 e. The first-order valence-electron chi connectivity index (χ1n) is 7.37. The number of unbranched alkanes of at least 4 members (excludes halogenated alkanes) is 1. The normalized spacial score (nSPS) is 10.7. The molecule has 0 saturated heterocycles. The smallest absolute Gasteiger partial charge is 0.123 e. The van der Waals surface area contributed by atoms with Gasteiger partial charge < -0.3 is 9.84 Å². The van der Waals surface area contributed by atoms with Crippen LogP contribution >= 0.6 is 27.5 Å². The van der Waals surface area contributed by atoms with Crippen LogP contribution in [0.25, 0.3) is 0 Å². The lowest BCUT2D eigenvalue weighted by Crippen LogP contribution is -2.00. The van der Waals surface area contributed by atoms with Gasteiger partial charge in [0.2, 0.25) is 0 Å². The zero-order chi connectivity index (χ0) is 15.9. The maximum atomic E-state index is 8.92. The Morgan fingerprint density at radius 2 is 1.91 bits per heavy atom. The molecule has 2 nitrogen and oxygen atoms in total. The molecular formula is C18H20BrClO2. The van der Waals surface area contributed by atoms with E-state index in [1.807, 2.05) is 37.3 Å². The highest BCUT2D eigenvalue weighted by atomic mass is 79.9. The van der Waals surface area contributed by atoms with E-state index in [2.05, 4.69) is 22.0 Å². The third-order valence-corrected chi connectivity index (χ3v) is 4.31. The van der Waals surface area contributed by atoms with Gasteiger partial charge in [-0.2, -0.15) is 0 Å². The van der Waals surface area contributed by atoms with Crippen LogP contribution < -0.4 is 4.74 Å². The van der Waals surface area contributed by atoms with Gasteiger partial charge in [0.15, 0.2) is 0 Å². The summed E-state index contributed by atoms with van der Waals surface area (Å²) in [6.07, 6.45) is 2.63. The van der Waals surface area contributed by atoms with Crippen LogP contribution in [0.2, 0.25) is 5.02 Å². The fourth-order valence-electron chi connectivity index (χ4n) is 2.24. The molecule has 0 aliphatic rings. The molecule has 0 aliphatic heterocycles. The van der Waals surface area contributed by atoms with Crippen LogP contribution in [0.5, 0.6) is 5.75 Å². The van der Waals surface area contributed by atoms with Gasteiger partial charge >= 0.3 is 0 Å². The molecule has 0 unspecified atom stereocenters. The summed E-state index contributed by atoms with van der Waals surface area (Å²) in [4.78, 5) is 0. The minimum atomic E-state index is 0.225. The van der Waals surface area contributed by atoms with Crippen molar-refractivity contribution in [2.75, 3.05) is 6.61 Å². The minimum Gasteiger partial charge on any atom is -0.489 e. The first-order chi connectivity index (χ1) is 10.6. The summed E-state index contributed by atoms with van der Waals surface area (Å²) >= 11 is 9.74. The third-order valence-electron chi connectivity index (χ3n) is 3.47. The van der Waals surface area contributed by atoms with E-state index in [9.17, 15) is 0 Å². The van der Waals surface area contributed by atoms with Crippen LogP contribution in [0, 0.1) is 6.92 Å². The predicted octanol–water partition coefficient (Wildman–Crippen LogP) is 5.30. The third kappa shape index (κ3) is 5.01. The van der Waals surface area contributed by atoms with E-state index in [0.29, 0.717) is 6.61 Å². The van der Waals surface area contributed by atoms with Gasteiger partial charge in [-0.15, -0.1) is 0 Å². The summed E-state index contributed by atoms with van der Waals surface area (Å²) in [5.41, 5.74) is 3.27. The monoisotopic (exact) mass is 382 g/mol. The summed E-state index contributed by atoms with van der Waals surface area (Å²) < 4.78 is 7.00. The Morgan fingerprint density at radius 3 is 2.64 bits per heavy atom. The average Bonchev–Trinajstić information content (AvgIpc) is 2.48. The second-order valence-corrected chi connectivity index (χ2v) is 6.64. The summed E-state index contributed by atoms with van der Waals surface area (Å²) in [7, 11) is 0. The SMILES string of the molecule is Cc1ccc(COc2ccc(Br)cc2CCCCO)c(Cl)c1. The Kier molecular flexibility index (Phi) is 6.74. The van der Waals surface area contributed by atoms with E-state index in [1.165, 1.54) is 0 Å². The van der Waals surface area contributed by atoms with E-state index >= 15 is 0 Å². The van der Waals surface area contributed by atoms with Crippen molar-refractivity contribution < 1.29 is 9.84 Å². The van der Waals surface area contributed by atoms with Gasteiger partial charge in [0.1, 0.15) is 12.4 Å². The van der Waals surface area contributed by atoms with Crippen LogP contribution in [0.3, 0.4) is 0 Å². The van der Waals surface area contributed by atoms with Crippen molar-refractivity contribution in [1.29, 1.82) is 0 Å². The molecule has 2 aromatic rings. The van der Waals surface area contributed by atoms with Crippen LogP contribution in [-0.4, -0.2) is 11.7 Å². The Balaban J connectivity index is 2.08. The summed E-state index contributed by atoms with van der Waals surface area (Å²) in [6, 6.07) is 12.0. The standard InChI is InChI=1S/C18H20BrClO2/c1-13-5-6-15(17(20)10-13)12-22-18-8-7-16(19)11-14(18)4-2-3-9-21/h5-8,10-11,21H,2-4,9,12H2,1H3. The van der Waals surface area contributed by atoms with Gasteiger partial charge in [-0.1, -0.05) is 39.7 Å². The Bertz CT molecular complexity index is 628. The first kappa shape index (κ1) is 17.3. The molecule has 22 heavy (non-hydrogen) atoms. The minimum absolute atomic E-state index is 0.225. The topological polar surface area (TPSA) is 29.5 Å². The maximum Gasteiger partial charge on any atom is 0.123 e. The zero-order valence-electron chi connectivity index (χ0n) is 12.6. The summed E-state index contributed by atoms with van der Waals surface area (Å²) in [5, 5.41) is 9.65. The lowest BCUT2D eigenvalue weighted by atomic mass is 10.1. The second-order valence-electron chi connectivity index (χ2n) is 5.32. The van der Waals surface area contributed by atoms with Crippen molar-refractivity contribution in [2.45, 2.75) is 32.8 Å². The van der Waals surface area contributed by atoms with Gasteiger partial charge in [-0.05, 0) is 61.6 Å². The second kappa shape index (κ2) is 8.56. The van der Waals surface area contributed by atoms with Crippen molar-refractivity contribution in [3.05, 3.63) is 62.6 Å². The highest BCUT2D eigenvalue weighted by Gasteiger charge is 2.07. The van der Waals surface area contributed by atoms with Gasteiger partial charge in [0.05, 0.1) is 0 Å². The van der Waals surface area contributed by atoms with Crippen molar-refractivity contribution >= 4 is 27.5 Å². The number of ether oxygens (including phenoxy) is 1. The predicted molar refractivity (Wildman–Crippen MR) is 94.7 cm³/mol. The fourth-order valence-corrected chi connectivity index (χ4v) is 2.93. The number of aliphatic hydroxyl groups is 1. The Hall–Kier alpha value is -1.03. The van der Waals surface area contributed by atoms with Gasteiger partial charge in [-0.3, -0.25) is 0 Å². The van der Waals surface area contributed by atoms with E-state index in [1.54, 1.807) is 0 Å². The first-order valence-corrected chi connectivity index (χ1v) is 8.54. The molecule has 1 N–H and O–H groups in total. The molecule has 0 fully saturated rings. The molecule has 0 aliphatic carbocycles. The molecule has 0 spiro atoms. The molecular weight excluding hydrogens is 364 g/mol. The average molecular weight is 384 g/mol. The molecule has 2 rings (SSSR count). The number of aryl methyl sites for hydroxylation is 2. The highest BCUT2D eigenvalue weighted by molar-refractivity contribution is 9.10. The number of hydrogen-bond acceptors (Lipinski definition) is 2. The lowest BCUT2D eigenvalue weighted by Gasteiger charge is -2.13. The zero-order valence-corrected chi connectivity index (χ0v) is 15.0. The van der Waals surface area contributed by atoms with E-state index < -0.39 is 0 Å². The van der Waals surface area contributed by atoms with E-state index in [0.717, 1.165) is 51.2 Å². The number of benzene rings is 2. The molecule has 0 aromatic heterocycles. The fraction of sp³-hybridized carbons (Fsp3) is 0.333. The van der Waals surface area contributed by atoms with Crippen molar-refractivity contribution in [3.8, 4) is 5.75 Å². The van der Waals surface area contributed by atoms with Crippen LogP contribution in [0.4, 0.5) is 0 Å². The van der Waals surface area contributed by atoms with Gasteiger partial charge in [0.25, 0.3) is 0 Å². The van der Waals surface area contributed by atoms with Crippen molar-refractivity contribution in [3.63, 3.8) is 0 Å². The van der Waals surface area contributed by atoms with Crippen molar-refractivity contribution in [2.24, 2.45) is 0 Å². The molecule has 0 saturated carbocycles. The van der Waals surface area contributed by atoms with E-state index in [-0.39, 0.29) is 6.61 Å². The molecule has 2 aromatic carbocycles. The number of halogens is 2. The van der Waals surface area contributed by atoms with Crippen molar-refractivity contribution in [1.82, 2.24) is 0 Å². The maximum absolute atomic E-state index is 8.92. The summed E-state index contributed by atoms with van der Waals surface area (Å²) in [5.74, 6) is 0.873. The molecule has 0 atom stereocenters. The van der Waals surface area contributed by atoms with E-state index in [4.69, 9.17) is 21.4 Å². The molecule has 0 amide bonds. The van der Waals surface area contributed by atoms with Gasteiger partial charge in [0, 0.05) is 21.7 Å². The molecule has 0 radical (unpaired) electrons. The number of aliphatic hydroxyl groups excluding tert-OH is 1. The highest BCUT2D eigenvalue weighted by Crippen LogP contribution is 2.27. The van der Waals surface area contributed by atoms with Crippen LogP contribution in [0.15, 0.2) is 40.9 Å². The number of hydrogen-bond donors (Lipinski definition) is 1. The molecule has 0 bridgehead atoms. The lowest BCUT2D eigenvalue weighted by molar-refractivity contribution is 0.282.